The van der Waals surface area contributed by atoms with Crippen molar-refractivity contribution in [2.45, 2.75) is 43.9 Å². The van der Waals surface area contributed by atoms with Crippen LogP contribution >= 0.6 is 0 Å². The van der Waals surface area contributed by atoms with Crippen LogP contribution in [-0.2, 0) is 4.74 Å². The minimum absolute atomic E-state index is 0.468. The van der Waals surface area contributed by atoms with E-state index in [9.17, 15) is 0 Å². The first-order valence-electron chi connectivity index (χ1n) is 11.2. The molecule has 0 bridgehead atoms. The molecule has 1 heterocycles. The fourth-order valence-corrected chi connectivity index (χ4v) is 7.03. The van der Waals surface area contributed by atoms with Gasteiger partial charge in [0.25, 0.3) is 0 Å². The summed E-state index contributed by atoms with van der Waals surface area (Å²) in [5.41, 5.74) is 0. The van der Waals surface area contributed by atoms with Gasteiger partial charge in [-0.15, -0.1) is 0 Å². The van der Waals surface area contributed by atoms with Gasteiger partial charge in [-0.05, 0) is 68.0 Å². The zero-order chi connectivity index (χ0) is 20.9. The predicted molar refractivity (Wildman–Crippen MR) is 122 cm³/mol. The molecular weight excluding hydrogens is 404 g/mol. The molecule has 0 amide bonds. The van der Waals surface area contributed by atoms with Crippen molar-refractivity contribution in [3.63, 3.8) is 0 Å². The maximum absolute atomic E-state index is 6.60. The van der Waals surface area contributed by atoms with Gasteiger partial charge >= 0.3 is 8.80 Å². The van der Waals surface area contributed by atoms with E-state index in [2.05, 4.69) is 0 Å². The number of epoxide rings is 1. The molecule has 3 aromatic rings. The van der Waals surface area contributed by atoms with Crippen LogP contribution in [0.4, 0.5) is 0 Å². The van der Waals surface area contributed by atoms with E-state index in [1.807, 2.05) is 91.0 Å². The minimum atomic E-state index is -3.15. The molecule has 2 fully saturated rings. The van der Waals surface area contributed by atoms with E-state index in [1.165, 1.54) is 12.8 Å². The number of rotatable bonds is 9. The van der Waals surface area contributed by atoms with Gasteiger partial charge in [0.15, 0.2) is 0 Å². The highest BCUT2D eigenvalue weighted by atomic mass is 28.4. The highest BCUT2D eigenvalue weighted by molar-refractivity contribution is 6.63. The Balaban J connectivity index is 1.43. The van der Waals surface area contributed by atoms with Gasteiger partial charge < -0.3 is 18.0 Å². The highest BCUT2D eigenvalue weighted by Gasteiger charge is 2.51. The highest BCUT2D eigenvalue weighted by Crippen LogP contribution is 2.42. The van der Waals surface area contributed by atoms with Gasteiger partial charge in [-0.2, -0.15) is 0 Å². The molecule has 1 aliphatic carbocycles. The average molecular weight is 433 g/mol. The number of para-hydroxylation sites is 3. The zero-order valence-electron chi connectivity index (χ0n) is 17.6. The lowest BCUT2D eigenvalue weighted by Crippen LogP contribution is -2.55. The molecule has 4 nitrogen and oxygen atoms in total. The van der Waals surface area contributed by atoms with Gasteiger partial charge in [-0.3, -0.25) is 0 Å². The van der Waals surface area contributed by atoms with Crippen LogP contribution in [0.25, 0.3) is 0 Å². The Labute approximate surface area is 185 Å². The molecule has 0 spiro atoms. The fraction of sp³-hybridized carbons (Fsp3) is 0.308. The molecule has 1 saturated heterocycles. The van der Waals surface area contributed by atoms with E-state index in [0.717, 1.165) is 36.1 Å². The van der Waals surface area contributed by atoms with E-state index in [-0.39, 0.29) is 0 Å². The number of hydrogen-bond acceptors (Lipinski definition) is 4. The zero-order valence-corrected chi connectivity index (χ0v) is 18.6. The van der Waals surface area contributed by atoms with Crippen molar-refractivity contribution in [2.24, 2.45) is 5.92 Å². The normalized spacial score (nSPS) is 22.3. The van der Waals surface area contributed by atoms with Crippen LogP contribution in [0.2, 0.25) is 6.04 Å². The van der Waals surface area contributed by atoms with Gasteiger partial charge in [0, 0.05) is 0 Å². The maximum Gasteiger partial charge on any atom is 0.699 e. The second-order valence-electron chi connectivity index (χ2n) is 8.36. The van der Waals surface area contributed by atoms with E-state index < -0.39 is 8.80 Å². The predicted octanol–water partition coefficient (Wildman–Crippen LogP) is 6.12. The summed E-state index contributed by atoms with van der Waals surface area (Å²) in [5, 5.41) is 0. The molecule has 3 atom stereocenters. The summed E-state index contributed by atoms with van der Waals surface area (Å²) in [5.74, 6) is 2.94. The van der Waals surface area contributed by atoms with Gasteiger partial charge in [-0.1, -0.05) is 54.6 Å². The second kappa shape index (κ2) is 9.16. The summed E-state index contributed by atoms with van der Waals surface area (Å²) in [6.07, 6.45) is 5.49. The number of ether oxygens (including phenoxy) is 1. The van der Waals surface area contributed by atoms with Crippen molar-refractivity contribution < 1.29 is 18.0 Å². The van der Waals surface area contributed by atoms with E-state index in [1.54, 1.807) is 0 Å². The molecular formula is C26H28O4Si. The summed E-state index contributed by atoms with van der Waals surface area (Å²) in [7, 11) is -3.15. The Bertz CT molecular complexity index is 849. The molecule has 1 saturated carbocycles. The monoisotopic (exact) mass is 432 g/mol. The van der Waals surface area contributed by atoms with Crippen molar-refractivity contribution in [3.05, 3.63) is 91.0 Å². The van der Waals surface area contributed by atoms with Crippen molar-refractivity contribution >= 4 is 8.80 Å². The Kier molecular flexibility index (Phi) is 5.96. The first-order chi connectivity index (χ1) is 15.3. The summed E-state index contributed by atoms with van der Waals surface area (Å²) in [6, 6.07) is 30.4. The smallest absolute Gasteiger partial charge is 0.483 e. The Morgan fingerprint density at radius 1 is 0.645 bits per heavy atom. The SMILES string of the molecule is c1ccc(O[Si](CCC2CCC3OC3C2)(Oc2ccccc2)Oc2ccccc2)cc1. The molecule has 3 unspecified atom stereocenters. The van der Waals surface area contributed by atoms with Gasteiger partial charge in [0.1, 0.15) is 17.2 Å². The Morgan fingerprint density at radius 3 is 1.58 bits per heavy atom. The quantitative estimate of drug-likeness (QED) is 0.302. The lowest BCUT2D eigenvalue weighted by atomic mass is 9.88. The standard InChI is InChI=1S/C26H28O4Si/c1-4-10-22(11-5-1)28-31(29-23-12-6-2-7-13-23,30-24-14-8-3-9-15-24)19-18-21-16-17-25-26(20-21)27-25/h1-15,21,25-26H,16-20H2. The number of benzene rings is 3. The molecule has 0 radical (unpaired) electrons. The summed E-state index contributed by atoms with van der Waals surface area (Å²) in [6.45, 7) is 0. The molecule has 3 aromatic carbocycles. The van der Waals surface area contributed by atoms with E-state index in [0.29, 0.717) is 18.1 Å². The first kappa shape index (κ1) is 20.2. The van der Waals surface area contributed by atoms with Gasteiger partial charge in [0.05, 0.1) is 18.3 Å². The third-order valence-corrected chi connectivity index (χ3v) is 8.56. The Morgan fingerprint density at radius 2 is 1.13 bits per heavy atom. The van der Waals surface area contributed by atoms with Gasteiger partial charge in [0.2, 0.25) is 0 Å². The van der Waals surface area contributed by atoms with Crippen LogP contribution in [0, 0.1) is 5.92 Å². The van der Waals surface area contributed by atoms with Crippen LogP contribution in [-0.4, -0.2) is 21.0 Å². The van der Waals surface area contributed by atoms with Crippen LogP contribution in [0.5, 0.6) is 17.2 Å². The van der Waals surface area contributed by atoms with E-state index >= 15 is 0 Å². The number of hydrogen-bond donors (Lipinski definition) is 0. The van der Waals surface area contributed by atoms with Crippen molar-refractivity contribution in [2.75, 3.05) is 0 Å². The molecule has 160 valence electrons. The molecule has 5 rings (SSSR count). The first-order valence-corrected chi connectivity index (χ1v) is 13.1. The molecule has 1 aliphatic heterocycles. The molecule has 5 heteroatoms. The molecule has 0 aromatic heterocycles. The molecule has 31 heavy (non-hydrogen) atoms. The summed E-state index contributed by atoms with van der Waals surface area (Å²) < 4.78 is 25.5. The van der Waals surface area contributed by atoms with Crippen LogP contribution in [0.3, 0.4) is 0 Å². The molecule has 2 aliphatic rings. The lowest BCUT2D eigenvalue weighted by Gasteiger charge is -2.32. The van der Waals surface area contributed by atoms with Crippen molar-refractivity contribution in [1.82, 2.24) is 0 Å². The topological polar surface area (TPSA) is 40.2 Å². The maximum atomic E-state index is 6.60. The van der Waals surface area contributed by atoms with Crippen LogP contribution in [0.1, 0.15) is 25.7 Å². The summed E-state index contributed by atoms with van der Waals surface area (Å²) in [4.78, 5) is 0. The second-order valence-corrected chi connectivity index (χ2v) is 10.8. The Hall–Kier alpha value is -2.76. The fourth-order valence-electron chi connectivity index (χ4n) is 4.35. The third-order valence-electron chi connectivity index (χ3n) is 6.02. The lowest BCUT2D eigenvalue weighted by molar-refractivity contribution is 0.250. The largest absolute Gasteiger partial charge is 0.699 e. The average Bonchev–Trinajstić information content (AvgIpc) is 3.59. The van der Waals surface area contributed by atoms with Gasteiger partial charge in [-0.25, -0.2) is 0 Å². The van der Waals surface area contributed by atoms with Crippen molar-refractivity contribution in [3.8, 4) is 17.2 Å². The van der Waals surface area contributed by atoms with Crippen molar-refractivity contribution in [1.29, 1.82) is 0 Å². The van der Waals surface area contributed by atoms with Crippen LogP contribution in [0.15, 0.2) is 91.0 Å². The molecule has 0 N–H and O–H groups in total. The minimum Gasteiger partial charge on any atom is -0.483 e. The summed E-state index contributed by atoms with van der Waals surface area (Å²) >= 11 is 0. The third kappa shape index (κ3) is 5.30. The van der Waals surface area contributed by atoms with E-state index in [4.69, 9.17) is 18.0 Å². The number of fused-ring (bicyclic) bond motifs is 1. The van der Waals surface area contributed by atoms with Crippen LogP contribution < -0.4 is 13.3 Å².